The summed E-state index contributed by atoms with van der Waals surface area (Å²) in [5, 5.41) is 20.2. The smallest absolute Gasteiger partial charge is 0.339 e. The third-order valence-corrected chi connectivity index (χ3v) is 5.03. The summed E-state index contributed by atoms with van der Waals surface area (Å²) in [5.74, 6) is -0.130. The number of phenolic OH excluding ortho intramolecular Hbond substituents is 2. The topological polar surface area (TPSA) is 106 Å². The van der Waals surface area contributed by atoms with E-state index in [4.69, 9.17) is 13.9 Å². The minimum atomic E-state index is -0.614. The molecule has 1 aromatic heterocycles. The van der Waals surface area contributed by atoms with E-state index in [2.05, 4.69) is 0 Å². The van der Waals surface area contributed by atoms with Gasteiger partial charge in [0.25, 0.3) is 0 Å². The molecule has 0 spiro atoms. The van der Waals surface area contributed by atoms with Gasteiger partial charge in [0.05, 0.1) is 25.2 Å². The molecular weight excluding hydrogens is 376 g/mol. The van der Waals surface area contributed by atoms with Crippen LogP contribution < -0.4 is 15.1 Å². The van der Waals surface area contributed by atoms with Crippen LogP contribution in [0.2, 0.25) is 0 Å². The van der Waals surface area contributed by atoms with E-state index in [9.17, 15) is 19.8 Å². The molecular formula is C22H18O7. The second-order valence-corrected chi connectivity index (χ2v) is 6.81. The molecule has 4 rings (SSSR count). The highest BCUT2D eigenvalue weighted by molar-refractivity contribution is 5.82. The van der Waals surface area contributed by atoms with Crippen molar-refractivity contribution in [2.75, 3.05) is 7.11 Å². The first kappa shape index (κ1) is 18.6. The number of esters is 1. The van der Waals surface area contributed by atoms with Crippen LogP contribution in [-0.2, 0) is 4.79 Å². The Bertz CT molecular complexity index is 1160. The lowest BCUT2D eigenvalue weighted by molar-refractivity contribution is -0.135. The summed E-state index contributed by atoms with van der Waals surface area (Å²) < 4.78 is 15.8. The van der Waals surface area contributed by atoms with E-state index in [-0.39, 0.29) is 35.3 Å². The van der Waals surface area contributed by atoms with Gasteiger partial charge in [-0.15, -0.1) is 0 Å². The van der Waals surface area contributed by atoms with E-state index in [1.807, 2.05) is 0 Å². The van der Waals surface area contributed by atoms with Gasteiger partial charge in [-0.25, -0.2) is 4.79 Å². The predicted octanol–water partition coefficient (Wildman–Crippen LogP) is 3.48. The number of benzene rings is 2. The molecule has 0 saturated heterocycles. The number of ether oxygens (including phenoxy) is 2. The van der Waals surface area contributed by atoms with Gasteiger partial charge in [0.15, 0.2) is 0 Å². The average molecular weight is 394 g/mol. The molecule has 7 heteroatoms. The molecule has 1 aliphatic heterocycles. The fourth-order valence-electron chi connectivity index (χ4n) is 3.73. The van der Waals surface area contributed by atoms with E-state index >= 15 is 0 Å². The van der Waals surface area contributed by atoms with Crippen LogP contribution in [0.3, 0.4) is 0 Å². The highest BCUT2D eigenvalue weighted by Crippen LogP contribution is 2.47. The Labute approximate surface area is 165 Å². The first-order valence-electron chi connectivity index (χ1n) is 8.93. The van der Waals surface area contributed by atoms with E-state index in [0.717, 1.165) is 5.56 Å². The van der Waals surface area contributed by atoms with Gasteiger partial charge in [-0.1, -0.05) is 12.1 Å². The standard InChI is InChI=1S/C22H18O7/c1-11-21-15(12-3-5-13(23)6-4-12)9-20(26)29-18(21)10-16(24)22(11)17-7-14(27-2)8-19(25)28-17/h3-8,10,15,23-24H,9H2,1-2H3. The summed E-state index contributed by atoms with van der Waals surface area (Å²) in [5.41, 5.74) is 1.84. The number of fused-ring (bicyclic) bond motifs is 1. The lowest BCUT2D eigenvalue weighted by atomic mass is 9.82. The van der Waals surface area contributed by atoms with Gasteiger partial charge in [0, 0.05) is 23.6 Å². The van der Waals surface area contributed by atoms with Gasteiger partial charge in [-0.05, 0) is 30.2 Å². The van der Waals surface area contributed by atoms with Gasteiger partial charge in [0.1, 0.15) is 28.8 Å². The Kier molecular flexibility index (Phi) is 4.50. The number of aromatic hydroxyl groups is 2. The molecule has 2 aromatic carbocycles. The molecule has 0 radical (unpaired) electrons. The summed E-state index contributed by atoms with van der Waals surface area (Å²) >= 11 is 0. The van der Waals surface area contributed by atoms with E-state index < -0.39 is 11.6 Å². The molecule has 1 unspecified atom stereocenters. The van der Waals surface area contributed by atoms with Crippen molar-refractivity contribution in [1.29, 1.82) is 0 Å². The summed E-state index contributed by atoms with van der Waals surface area (Å²) in [6.45, 7) is 1.76. The zero-order valence-electron chi connectivity index (χ0n) is 15.8. The lowest BCUT2D eigenvalue weighted by Gasteiger charge is -2.28. The molecule has 148 valence electrons. The summed E-state index contributed by atoms with van der Waals surface area (Å²) in [7, 11) is 1.43. The van der Waals surface area contributed by atoms with Crippen molar-refractivity contribution in [3.05, 3.63) is 69.6 Å². The zero-order chi connectivity index (χ0) is 20.7. The van der Waals surface area contributed by atoms with Crippen molar-refractivity contribution >= 4 is 5.97 Å². The monoisotopic (exact) mass is 394 g/mol. The highest BCUT2D eigenvalue weighted by atomic mass is 16.5. The maximum Gasteiger partial charge on any atom is 0.339 e. The Morgan fingerprint density at radius 3 is 2.48 bits per heavy atom. The second kappa shape index (κ2) is 7.01. The van der Waals surface area contributed by atoms with Crippen LogP contribution in [0.15, 0.2) is 51.7 Å². The fraction of sp³-hybridized carbons (Fsp3) is 0.182. The number of hydrogen-bond acceptors (Lipinski definition) is 7. The summed E-state index contributed by atoms with van der Waals surface area (Å²) in [6.07, 6.45) is 0.102. The minimum Gasteiger partial charge on any atom is -0.508 e. The zero-order valence-corrected chi connectivity index (χ0v) is 15.8. The predicted molar refractivity (Wildman–Crippen MR) is 104 cm³/mol. The van der Waals surface area contributed by atoms with Crippen LogP contribution in [0, 0.1) is 6.92 Å². The molecule has 7 nitrogen and oxygen atoms in total. The van der Waals surface area contributed by atoms with E-state index in [0.29, 0.717) is 22.4 Å². The van der Waals surface area contributed by atoms with Crippen molar-refractivity contribution in [2.24, 2.45) is 0 Å². The Hall–Kier alpha value is -3.74. The maximum absolute atomic E-state index is 12.2. The van der Waals surface area contributed by atoms with Crippen molar-refractivity contribution < 1.29 is 28.9 Å². The lowest BCUT2D eigenvalue weighted by Crippen LogP contribution is -2.22. The highest BCUT2D eigenvalue weighted by Gasteiger charge is 2.33. The summed E-state index contributed by atoms with van der Waals surface area (Å²) in [6, 6.07) is 10.6. The SMILES string of the molecule is COc1cc(-c2c(O)cc3c(c2C)C(c2ccc(O)cc2)CC(=O)O3)oc(=O)c1. The fourth-order valence-corrected chi connectivity index (χ4v) is 3.73. The summed E-state index contributed by atoms with van der Waals surface area (Å²) in [4.78, 5) is 24.0. The van der Waals surface area contributed by atoms with Crippen LogP contribution in [0.1, 0.15) is 29.0 Å². The quantitative estimate of drug-likeness (QED) is 0.517. The van der Waals surface area contributed by atoms with Gasteiger partial charge in [-0.3, -0.25) is 4.79 Å². The van der Waals surface area contributed by atoms with Gasteiger partial charge in [-0.2, -0.15) is 0 Å². The first-order valence-corrected chi connectivity index (χ1v) is 8.93. The number of carbonyl (C=O) groups is 1. The van der Waals surface area contributed by atoms with E-state index in [1.54, 1.807) is 31.2 Å². The molecule has 29 heavy (non-hydrogen) atoms. The first-order chi connectivity index (χ1) is 13.9. The molecule has 1 atom stereocenters. The van der Waals surface area contributed by atoms with Crippen LogP contribution in [0.4, 0.5) is 0 Å². The van der Waals surface area contributed by atoms with Gasteiger partial charge >= 0.3 is 11.6 Å². The normalized spacial score (nSPS) is 15.5. The molecule has 0 amide bonds. The van der Waals surface area contributed by atoms with Crippen LogP contribution in [-0.4, -0.2) is 23.3 Å². The number of hydrogen-bond donors (Lipinski definition) is 2. The van der Waals surface area contributed by atoms with Gasteiger partial charge in [0.2, 0.25) is 0 Å². The van der Waals surface area contributed by atoms with Crippen LogP contribution in [0.5, 0.6) is 23.0 Å². The van der Waals surface area contributed by atoms with Crippen molar-refractivity contribution in [1.82, 2.24) is 0 Å². The molecule has 3 aromatic rings. The molecule has 0 fully saturated rings. The largest absolute Gasteiger partial charge is 0.508 e. The van der Waals surface area contributed by atoms with Crippen LogP contribution >= 0.6 is 0 Å². The second-order valence-electron chi connectivity index (χ2n) is 6.81. The Balaban J connectivity index is 1.95. The third kappa shape index (κ3) is 3.31. The van der Waals surface area contributed by atoms with Crippen LogP contribution in [0.25, 0.3) is 11.3 Å². The minimum absolute atomic E-state index is 0.102. The molecule has 2 N–H and O–H groups in total. The molecule has 1 aliphatic rings. The van der Waals surface area contributed by atoms with Crippen molar-refractivity contribution in [3.8, 4) is 34.3 Å². The molecule has 0 saturated carbocycles. The maximum atomic E-state index is 12.2. The van der Waals surface area contributed by atoms with Crippen molar-refractivity contribution in [3.63, 3.8) is 0 Å². The molecule has 0 aliphatic carbocycles. The third-order valence-electron chi connectivity index (χ3n) is 5.03. The van der Waals surface area contributed by atoms with Gasteiger partial charge < -0.3 is 24.1 Å². The Morgan fingerprint density at radius 1 is 1.07 bits per heavy atom. The average Bonchev–Trinajstić information content (AvgIpc) is 2.67. The number of phenols is 2. The van der Waals surface area contributed by atoms with E-state index in [1.165, 1.54) is 25.3 Å². The molecule has 2 heterocycles. The number of rotatable bonds is 3. The molecule has 0 bridgehead atoms. The Morgan fingerprint density at radius 2 is 1.79 bits per heavy atom. The number of methoxy groups -OCH3 is 1. The number of carbonyl (C=O) groups excluding carboxylic acids is 1. The van der Waals surface area contributed by atoms with Crippen molar-refractivity contribution in [2.45, 2.75) is 19.3 Å².